The van der Waals surface area contributed by atoms with Crippen LogP contribution in [0.3, 0.4) is 0 Å². The molecule has 1 aliphatic heterocycles. The number of nitrogens with two attached hydrogens (primary N) is 1. The predicted octanol–water partition coefficient (Wildman–Crippen LogP) is 6.93. The van der Waals surface area contributed by atoms with Crippen LogP contribution in [-0.4, -0.2) is 44.3 Å². The van der Waals surface area contributed by atoms with Gasteiger partial charge >= 0.3 is 0 Å². The number of rotatable bonds is 15. The van der Waals surface area contributed by atoms with E-state index in [4.69, 9.17) is 5.73 Å². The number of unbranched alkanes of at least 4 members (excludes halogenated alkanes) is 11. The minimum atomic E-state index is 0.746. The summed E-state index contributed by atoms with van der Waals surface area (Å²) in [6.45, 7) is 8.07. The molecule has 2 N–H and O–H groups in total. The lowest BCUT2D eigenvalue weighted by Gasteiger charge is -2.36. The van der Waals surface area contributed by atoms with E-state index in [0.717, 1.165) is 11.7 Å². The van der Waals surface area contributed by atoms with Crippen LogP contribution < -0.4 is 10.6 Å². The van der Waals surface area contributed by atoms with Crippen molar-refractivity contribution in [3.63, 3.8) is 0 Å². The van der Waals surface area contributed by atoms with Crippen LogP contribution in [0, 0.1) is 6.92 Å². The first-order chi connectivity index (χ1) is 14.4. The van der Waals surface area contributed by atoms with Gasteiger partial charge in [0.05, 0.1) is 27.2 Å². The molecule has 2 rings (SSSR count). The molecule has 1 heterocycles. The SMILES string of the molecule is CCCCCCCCCCCCCC[N+](C)(C)C1CCN(c2ccc(N)c(C)c2)C1. The molecule has 1 atom stereocenters. The third-order valence-corrected chi connectivity index (χ3v) is 7.36. The third kappa shape index (κ3) is 8.49. The molecule has 3 heteroatoms. The highest BCUT2D eigenvalue weighted by molar-refractivity contribution is 5.58. The number of hydrogen-bond acceptors (Lipinski definition) is 2. The molecule has 1 aromatic carbocycles. The average molecular weight is 417 g/mol. The molecule has 0 aliphatic carbocycles. The van der Waals surface area contributed by atoms with E-state index in [1.807, 2.05) is 0 Å². The Bertz CT molecular complexity index is 596. The van der Waals surface area contributed by atoms with E-state index in [9.17, 15) is 0 Å². The number of aryl methyl sites for hydroxylation is 1. The van der Waals surface area contributed by atoms with Crippen molar-refractivity contribution in [2.75, 3.05) is 44.4 Å². The zero-order valence-corrected chi connectivity index (χ0v) is 20.6. The molecule has 0 bridgehead atoms. The molecule has 3 nitrogen and oxygen atoms in total. The fourth-order valence-corrected chi connectivity index (χ4v) is 4.95. The van der Waals surface area contributed by atoms with Gasteiger partial charge in [-0.15, -0.1) is 0 Å². The predicted molar refractivity (Wildman–Crippen MR) is 134 cm³/mol. The van der Waals surface area contributed by atoms with Crippen molar-refractivity contribution in [3.05, 3.63) is 23.8 Å². The number of nitrogen functional groups attached to an aromatic ring is 1. The molecule has 30 heavy (non-hydrogen) atoms. The van der Waals surface area contributed by atoms with Gasteiger partial charge in [-0.25, -0.2) is 0 Å². The maximum Gasteiger partial charge on any atom is 0.108 e. The Balaban J connectivity index is 1.56. The van der Waals surface area contributed by atoms with Crippen LogP contribution in [0.4, 0.5) is 11.4 Å². The maximum atomic E-state index is 6.00. The summed E-state index contributed by atoms with van der Waals surface area (Å²) in [4.78, 5) is 2.55. The van der Waals surface area contributed by atoms with Crippen LogP contribution in [0.1, 0.15) is 96.0 Å². The zero-order valence-electron chi connectivity index (χ0n) is 20.6. The second kappa shape index (κ2) is 13.2. The van der Waals surface area contributed by atoms with Crippen LogP contribution in [0.5, 0.6) is 0 Å². The van der Waals surface area contributed by atoms with E-state index in [0.29, 0.717) is 0 Å². The first-order valence-corrected chi connectivity index (χ1v) is 12.9. The van der Waals surface area contributed by atoms with E-state index in [1.165, 1.54) is 119 Å². The third-order valence-electron chi connectivity index (χ3n) is 7.36. The van der Waals surface area contributed by atoms with Crippen LogP contribution in [0.25, 0.3) is 0 Å². The Kier molecular flexibility index (Phi) is 11.1. The van der Waals surface area contributed by atoms with Crippen molar-refractivity contribution in [1.82, 2.24) is 0 Å². The smallest absolute Gasteiger partial charge is 0.108 e. The van der Waals surface area contributed by atoms with Gasteiger partial charge in [0.25, 0.3) is 0 Å². The van der Waals surface area contributed by atoms with Crippen LogP contribution in [0.15, 0.2) is 18.2 Å². The van der Waals surface area contributed by atoms with Crippen molar-refractivity contribution in [2.45, 2.75) is 103 Å². The highest BCUT2D eigenvalue weighted by Gasteiger charge is 2.34. The molecule has 1 saturated heterocycles. The average Bonchev–Trinajstić information content (AvgIpc) is 3.22. The van der Waals surface area contributed by atoms with Gasteiger partial charge in [-0.1, -0.05) is 71.1 Å². The summed E-state index contributed by atoms with van der Waals surface area (Å²) in [7, 11) is 4.89. The first-order valence-electron chi connectivity index (χ1n) is 12.9. The van der Waals surface area contributed by atoms with Gasteiger partial charge in [-0.3, -0.25) is 0 Å². The summed E-state index contributed by atoms with van der Waals surface area (Å²) in [6, 6.07) is 7.25. The van der Waals surface area contributed by atoms with Gasteiger partial charge in [0.1, 0.15) is 6.04 Å². The van der Waals surface area contributed by atoms with Gasteiger partial charge in [0, 0.05) is 24.3 Å². The number of quaternary nitrogens is 1. The Morgan fingerprint density at radius 3 is 2.03 bits per heavy atom. The summed E-state index contributed by atoms with van der Waals surface area (Å²) >= 11 is 0. The standard InChI is InChI=1S/C27H50N3/c1-5-6-7-8-9-10-11-12-13-14-15-16-21-30(3,4)26-19-20-29(23-26)25-17-18-27(28)24(2)22-25/h17-18,22,26H,5-16,19-21,23,28H2,1-4H3/q+1. The minimum Gasteiger partial charge on any atom is -0.399 e. The fraction of sp³-hybridized carbons (Fsp3) is 0.778. The molecule has 1 fully saturated rings. The van der Waals surface area contributed by atoms with Crippen molar-refractivity contribution in [2.24, 2.45) is 0 Å². The fourth-order valence-electron chi connectivity index (χ4n) is 4.95. The summed E-state index contributed by atoms with van der Waals surface area (Å²) in [5.41, 5.74) is 9.44. The zero-order chi connectivity index (χ0) is 21.8. The number of likely N-dealkylation sites (N-methyl/N-ethyl adjacent to an activating group) is 1. The quantitative estimate of drug-likeness (QED) is 0.191. The van der Waals surface area contributed by atoms with Crippen molar-refractivity contribution in [1.29, 1.82) is 0 Å². The summed E-state index contributed by atoms with van der Waals surface area (Å²) < 4.78 is 1.17. The lowest BCUT2D eigenvalue weighted by Crippen LogP contribution is -2.50. The first kappa shape index (κ1) is 25.0. The van der Waals surface area contributed by atoms with Crippen molar-refractivity contribution >= 4 is 11.4 Å². The Morgan fingerprint density at radius 2 is 1.47 bits per heavy atom. The van der Waals surface area contributed by atoms with Crippen molar-refractivity contribution < 1.29 is 4.48 Å². The van der Waals surface area contributed by atoms with E-state index in [-0.39, 0.29) is 0 Å². The maximum absolute atomic E-state index is 6.00. The lowest BCUT2D eigenvalue weighted by atomic mass is 10.0. The molecule has 0 saturated carbocycles. The summed E-state index contributed by atoms with van der Waals surface area (Å²) in [5, 5.41) is 0. The molecule has 172 valence electrons. The monoisotopic (exact) mass is 416 g/mol. The topological polar surface area (TPSA) is 29.3 Å². The Hall–Kier alpha value is -1.22. The summed E-state index contributed by atoms with van der Waals surface area (Å²) in [6.07, 6.45) is 18.5. The van der Waals surface area contributed by atoms with Crippen molar-refractivity contribution in [3.8, 4) is 0 Å². The van der Waals surface area contributed by atoms with E-state index >= 15 is 0 Å². The second-order valence-electron chi connectivity index (χ2n) is 10.3. The van der Waals surface area contributed by atoms with Gasteiger partial charge in [0.2, 0.25) is 0 Å². The molecule has 1 aromatic rings. The van der Waals surface area contributed by atoms with Gasteiger partial charge in [-0.05, 0) is 43.5 Å². The number of nitrogens with zero attached hydrogens (tertiary/aromatic N) is 2. The molecular formula is C27H50N3+. The lowest BCUT2D eigenvalue weighted by molar-refractivity contribution is -0.912. The molecule has 1 aliphatic rings. The normalized spacial score (nSPS) is 17.1. The van der Waals surface area contributed by atoms with E-state index in [2.05, 4.69) is 51.0 Å². The van der Waals surface area contributed by atoms with Crippen LogP contribution in [-0.2, 0) is 0 Å². The number of hydrogen-bond donors (Lipinski definition) is 1. The molecule has 0 spiro atoms. The Morgan fingerprint density at radius 1 is 0.900 bits per heavy atom. The number of anilines is 2. The molecule has 0 amide bonds. The molecule has 1 unspecified atom stereocenters. The molecule has 0 radical (unpaired) electrons. The van der Waals surface area contributed by atoms with Gasteiger partial charge in [0.15, 0.2) is 0 Å². The highest BCUT2D eigenvalue weighted by atomic mass is 15.4. The number of benzene rings is 1. The molecular weight excluding hydrogens is 366 g/mol. The van der Waals surface area contributed by atoms with Gasteiger partial charge < -0.3 is 15.1 Å². The van der Waals surface area contributed by atoms with Gasteiger partial charge in [-0.2, -0.15) is 0 Å². The Labute approximate surface area is 187 Å². The van der Waals surface area contributed by atoms with Crippen LogP contribution >= 0.6 is 0 Å². The minimum absolute atomic E-state index is 0.746. The van der Waals surface area contributed by atoms with Crippen LogP contribution in [0.2, 0.25) is 0 Å². The molecule has 0 aromatic heterocycles. The van der Waals surface area contributed by atoms with E-state index in [1.54, 1.807) is 0 Å². The second-order valence-corrected chi connectivity index (χ2v) is 10.3. The largest absolute Gasteiger partial charge is 0.399 e. The summed E-state index contributed by atoms with van der Waals surface area (Å²) in [5.74, 6) is 0. The van der Waals surface area contributed by atoms with E-state index < -0.39 is 0 Å². The highest BCUT2D eigenvalue weighted by Crippen LogP contribution is 2.28.